The first kappa shape index (κ1) is 14.3. The van der Waals surface area contributed by atoms with E-state index in [9.17, 15) is 4.79 Å². The van der Waals surface area contributed by atoms with Crippen LogP contribution in [0.25, 0.3) is 5.78 Å². The molecule has 0 unspecified atom stereocenters. The summed E-state index contributed by atoms with van der Waals surface area (Å²) in [4.78, 5) is 22.1. The van der Waals surface area contributed by atoms with Crippen LogP contribution in [0.15, 0.2) is 18.5 Å². The average Bonchev–Trinajstić information content (AvgIpc) is 3.09. The average molecular weight is 327 g/mol. The number of rotatable bonds is 3. The van der Waals surface area contributed by atoms with Crippen LogP contribution < -0.4 is 5.32 Å². The Labute approximate surface area is 137 Å². The molecular weight excluding hydrogens is 310 g/mol. The Bertz CT molecular complexity index is 849. The first-order chi connectivity index (χ1) is 11.2. The number of hydrogen-bond acceptors (Lipinski definition) is 5. The topological polar surface area (TPSA) is 72.2 Å². The summed E-state index contributed by atoms with van der Waals surface area (Å²) in [5.74, 6) is 0.917. The van der Waals surface area contributed by atoms with Gasteiger partial charge in [0.25, 0.3) is 5.78 Å². The molecule has 0 fully saturated rings. The van der Waals surface area contributed by atoms with Crippen LogP contribution in [0.4, 0.5) is 5.00 Å². The molecule has 1 amide bonds. The number of carbonyl (C=O) groups is 1. The molecule has 4 rings (SSSR count). The number of fused-ring (bicyclic) bond motifs is 2. The zero-order valence-electron chi connectivity index (χ0n) is 12.9. The summed E-state index contributed by atoms with van der Waals surface area (Å²) in [7, 11) is 0. The second kappa shape index (κ2) is 5.73. The molecule has 0 atom stereocenters. The lowest BCUT2D eigenvalue weighted by Gasteiger charge is -2.10. The van der Waals surface area contributed by atoms with Crippen LogP contribution in [0, 0.1) is 6.92 Å². The van der Waals surface area contributed by atoms with Gasteiger partial charge in [0.15, 0.2) is 5.82 Å². The normalized spacial score (nSPS) is 14.0. The van der Waals surface area contributed by atoms with Gasteiger partial charge in [0, 0.05) is 17.3 Å². The molecule has 6 nitrogen and oxygen atoms in total. The Morgan fingerprint density at radius 2 is 2.26 bits per heavy atom. The maximum absolute atomic E-state index is 12.3. The van der Waals surface area contributed by atoms with Crippen molar-refractivity contribution in [3.63, 3.8) is 0 Å². The summed E-state index contributed by atoms with van der Waals surface area (Å²) >= 11 is 1.72. The summed E-state index contributed by atoms with van der Waals surface area (Å²) in [6.45, 7) is 2.10. The summed E-state index contributed by atoms with van der Waals surface area (Å²) in [6, 6.07) is 1.78. The zero-order valence-corrected chi connectivity index (χ0v) is 13.7. The lowest BCUT2D eigenvalue weighted by molar-refractivity contribution is -0.115. The molecule has 23 heavy (non-hydrogen) atoms. The minimum absolute atomic E-state index is 0.0809. The second-order valence-corrected chi connectivity index (χ2v) is 6.89. The van der Waals surface area contributed by atoms with Crippen molar-refractivity contribution >= 4 is 28.0 Å². The maximum atomic E-state index is 12.3. The van der Waals surface area contributed by atoms with Gasteiger partial charge in [-0.3, -0.25) is 4.79 Å². The lowest BCUT2D eigenvalue weighted by Crippen LogP contribution is -2.15. The largest absolute Gasteiger partial charge is 0.317 e. The maximum Gasteiger partial charge on any atom is 0.252 e. The smallest absolute Gasteiger partial charge is 0.252 e. The van der Waals surface area contributed by atoms with E-state index in [0.717, 1.165) is 17.8 Å². The van der Waals surface area contributed by atoms with Crippen LogP contribution >= 0.6 is 11.3 Å². The molecule has 118 valence electrons. The van der Waals surface area contributed by atoms with Crippen molar-refractivity contribution in [1.82, 2.24) is 19.6 Å². The SMILES string of the molecule is Cc1c(NC(=O)Cc2nc3ncccn3n2)sc2c1CCCC2. The van der Waals surface area contributed by atoms with Crippen molar-refractivity contribution in [2.75, 3.05) is 5.32 Å². The summed E-state index contributed by atoms with van der Waals surface area (Å²) in [5.41, 5.74) is 2.66. The quantitative estimate of drug-likeness (QED) is 0.802. The third-order valence-corrected chi connectivity index (χ3v) is 5.48. The lowest BCUT2D eigenvalue weighted by atomic mass is 9.96. The third kappa shape index (κ3) is 2.72. The van der Waals surface area contributed by atoms with E-state index in [2.05, 4.69) is 27.3 Å². The van der Waals surface area contributed by atoms with Gasteiger partial charge >= 0.3 is 0 Å². The molecule has 0 bridgehead atoms. The number of nitrogens with one attached hydrogen (secondary N) is 1. The minimum Gasteiger partial charge on any atom is -0.317 e. The van der Waals surface area contributed by atoms with Gasteiger partial charge in [-0.05, 0) is 49.8 Å². The van der Waals surface area contributed by atoms with Gasteiger partial charge in [-0.25, -0.2) is 9.50 Å². The number of aryl methyl sites for hydroxylation is 1. The number of anilines is 1. The highest BCUT2D eigenvalue weighted by Gasteiger charge is 2.19. The third-order valence-electron chi connectivity index (χ3n) is 4.17. The Morgan fingerprint density at radius 1 is 1.39 bits per heavy atom. The molecule has 3 heterocycles. The molecule has 0 aliphatic heterocycles. The monoisotopic (exact) mass is 327 g/mol. The van der Waals surface area contributed by atoms with Gasteiger partial charge in [0.05, 0.1) is 11.4 Å². The Balaban J connectivity index is 1.50. The molecule has 1 aliphatic carbocycles. The number of hydrogen-bond donors (Lipinski definition) is 1. The van der Waals surface area contributed by atoms with E-state index in [1.54, 1.807) is 34.3 Å². The Morgan fingerprint density at radius 3 is 3.09 bits per heavy atom. The standard InChI is InChI=1S/C16H17N5OS/c1-10-11-5-2-3-6-12(11)23-15(10)19-14(22)9-13-18-16-17-7-4-8-21(16)20-13/h4,7-8H,2-3,5-6,9H2,1H3,(H,19,22). The fraction of sp³-hybridized carbons (Fsp3) is 0.375. The molecule has 7 heteroatoms. The van der Waals surface area contributed by atoms with Gasteiger partial charge in [0.1, 0.15) is 0 Å². The molecule has 3 aromatic rings. The van der Waals surface area contributed by atoms with Crippen LogP contribution in [0.2, 0.25) is 0 Å². The van der Waals surface area contributed by atoms with E-state index < -0.39 is 0 Å². The molecule has 1 aliphatic rings. The fourth-order valence-electron chi connectivity index (χ4n) is 3.01. The van der Waals surface area contributed by atoms with Crippen molar-refractivity contribution in [2.24, 2.45) is 0 Å². The van der Waals surface area contributed by atoms with Crippen molar-refractivity contribution in [2.45, 2.75) is 39.0 Å². The molecule has 0 aromatic carbocycles. The van der Waals surface area contributed by atoms with Crippen LogP contribution in [0.1, 0.15) is 34.7 Å². The molecule has 0 saturated carbocycles. The van der Waals surface area contributed by atoms with Crippen LogP contribution in [-0.4, -0.2) is 25.5 Å². The summed E-state index contributed by atoms with van der Waals surface area (Å²) < 4.78 is 1.58. The summed E-state index contributed by atoms with van der Waals surface area (Å²) in [5, 5.41) is 8.27. The molecule has 0 radical (unpaired) electrons. The highest BCUT2D eigenvalue weighted by molar-refractivity contribution is 7.16. The highest BCUT2D eigenvalue weighted by Crippen LogP contribution is 2.37. The fourth-order valence-corrected chi connectivity index (χ4v) is 4.32. The Hall–Kier alpha value is -2.28. The zero-order chi connectivity index (χ0) is 15.8. The van der Waals surface area contributed by atoms with Crippen molar-refractivity contribution in [3.8, 4) is 0 Å². The molecule has 0 saturated heterocycles. The van der Waals surface area contributed by atoms with E-state index in [4.69, 9.17) is 0 Å². The number of carbonyl (C=O) groups excluding carboxylic acids is 1. The van der Waals surface area contributed by atoms with Crippen molar-refractivity contribution < 1.29 is 4.79 Å². The van der Waals surface area contributed by atoms with Crippen LogP contribution in [-0.2, 0) is 24.1 Å². The van der Waals surface area contributed by atoms with Crippen LogP contribution in [0.5, 0.6) is 0 Å². The minimum atomic E-state index is -0.0809. The second-order valence-electron chi connectivity index (χ2n) is 5.78. The molecule has 3 aromatic heterocycles. The van der Waals surface area contributed by atoms with E-state index >= 15 is 0 Å². The molecule has 0 spiro atoms. The van der Waals surface area contributed by atoms with Gasteiger partial charge in [-0.2, -0.15) is 4.98 Å². The Kier molecular flexibility index (Phi) is 3.57. The van der Waals surface area contributed by atoms with E-state index in [1.807, 2.05) is 0 Å². The highest BCUT2D eigenvalue weighted by atomic mass is 32.1. The van der Waals surface area contributed by atoms with E-state index in [0.29, 0.717) is 11.6 Å². The van der Waals surface area contributed by atoms with Crippen LogP contribution in [0.3, 0.4) is 0 Å². The predicted molar refractivity (Wildman–Crippen MR) is 88.8 cm³/mol. The predicted octanol–water partition coefficient (Wildman–Crippen LogP) is 2.55. The number of thiophene rings is 1. The molecular formula is C16H17N5OS. The molecule has 1 N–H and O–H groups in total. The first-order valence-corrected chi connectivity index (χ1v) is 8.59. The van der Waals surface area contributed by atoms with Gasteiger partial charge < -0.3 is 5.32 Å². The van der Waals surface area contributed by atoms with Crippen molar-refractivity contribution in [1.29, 1.82) is 0 Å². The van der Waals surface area contributed by atoms with Gasteiger partial charge in [-0.15, -0.1) is 16.4 Å². The number of aromatic nitrogens is 4. The van der Waals surface area contributed by atoms with Gasteiger partial charge in [-0.1, -0.05) is 0 Å². The van der Waals surface area contributed by atoms with Crippen molar-refractivity contribution in [3.05, 3.63) is 40.3 Å². The van der Waals surface area contributed by atoms with E-state index in [1.165, 1.54) is 28.8 Å². The number of amides is 1. The summed E-state index contributed by atoms with van der Waals surface area (Å²) in [6.07, 6.45) is 8.35. The van der Waals surface area contributed by atoms with E-state index in [-0.39, 0.29) is 12.3 Å². The van der Waals surface area contributed by atoms with Gasteiger partial charge in [0.2, 0.25) is 5.91 Å². The first-order valence-electron chi connectivity index (χ1n) is 7.78. The number of nitrogens with zero attached hydrogens (tertiary/aromatic N) is 4.